The Hall–Kier alpha value is -0.650. The maximum absolute atomic E-state index is 11.4. The minimum atomic E-state index is -0.845. The molecule has 1 fully saturated rings. The fraction of sp³-hybridized carbons (Fsp3) is 0.900. The predicted octanol–water partition coefficient (Wildman–Crippen LogP) is -1.15. The molecule has 0 spiro atoms. The highest BCUT2D eigenvalue weighted by Crippen LogP contribution is 2.15. The van der Waals surface area contributed by atoms with Crippen molar-refractivity contribution in [3.8, 4) is 0 Å². The molecule has 0 saturated carbocycles. The SMILES string of the molecule is O=C(CC1CCNCC1)NCC(O)CO. The highest BCUT2D eigenvalue weighted by Gasteiger charge is 2.16. The van der Waals surface area contributed by atoms with Gasteiger partial charge in [0.15, 0.2) is 0 Å². The molecular formula is C10H20N2O3. The van der Waals surface area contributed by atoms with Crippen molar-refractivity contribution in [3.05, 3.63) is 0 Å². The Balaban J connectivity index is 2.11. The third kappa shape index (κ3) is 5.11. The van der Waals surface area contributed by atoms with Gasteiger partial charge in [0.05, 0.1) is 12.7 Å². The van der Waals surface area contributed by atoms with Gasteiger partial charge < -0.3 is 20.8 Å². The first-order chi connectivity index (χ1) is 7.22. The fourth-order valence-electron chi connectivity index (χ4n) is 1.72. The van der Waals surface area contributed by atoms with Crippen LogP contribution in [0, 0.1) is 5.92 Å². The Labute approximate surface area is 89.9 Å². The molecule has 5 heteroatoms. The summed E-state index contributed by atoms with van der Waals surface area (Å²) in [7, 11) is 0. The normalized spacial score (nSPS) is 19.9. The summed E-state index contributed by atoms with van der Waals surface area (Å²) < 4.78 is 0. The number of piperidine rings is 1. The van der Waals surface area contributed by atoms with Crippen LogP contribution in [0.3, 0.4) is 0 Å². The molecule has 1 aliphatic rings. The summed E-state index contributed by atoms with van der Waals surface area (Å²) in [5, 5.41) is 23.5. The molecule has 0 aromatic heterocycles. The van der Waals surface area contributed by atoms with E-state index in [1.54, 1.807) is 0 Å². The average Bonchev–Trinajstić information content (AvgIpc) is 2.27. The zero-order valence-electron chi connectivity index (χ0n) is 8.91. The summed E-state index contributed by atoms with van der Waals surface area (Å²) in [6.45, 7) is 1.79. The quantitative estimate of drug-likeness (QED) is 0.467. The van der Waals surface area contributed by atoms with Gasteiger partial charge in [0.25, 0.3) is 0 Å². The van der Waals surface area contributed by atoms with E-state index in [2.05, 4.69) is 10.6 Å². The van der Waals surface area contributed by atoms with Crippen molar-refractivity contribution in [2.75, 3.05) is 26.2 Å². The van der Waals surface area contributed by atoms with Crippen LogP contribution in [-0.4, -0.2) is 48.5 Å². The third-order valence-electron chi connectivity index (χ3n) is 2.68. The first-order valence-electron chi connectivity index (χ1n) is 5.48. The number of aliphatic hydroxyl groups is 2. The zero-order chi connectivity index (χ0) is 11.1. The topological polar surface area (TPSA) is 81.6 Å². The smallest absolute Gasteiger partial charge is 0.220 e. The molecule has 1 saturated heterocycles. The van der Waals surface area contributed by atoms with Crippen LogP contribution in [0.1, 0.15) is 19.3 Å². The molecule has 0 radical (unpaired) electrons. The molecule has 88 valence electrons. The Morgan fingerprint density at radius 2 is 2.13 bits per heavy atom. The van der Waals surface area contributed by atoms with Gasteiger partial charge >= 0.3 is 0 Å². The number of amides is 1. The van der Waals surface area contributed by atoms with Gasteiger partial charge in [-0.25, -0.2) is 0 Å². The Kier molecular flexibility index (Phi) is 5.60. The van der Waals surface area contributed by atoms with Gasteiger partial charge in [-0.2, -0.15) is 0 Å². The van der Waals surface area contributed by atoms with E-state index in [9.17, 15) is 4.79 Å². The maximum Gasteiger partial charge on any atom is 0.220 e. The molecule has 0 aromatic carbocycles. The lowest BCUT2D eigenvalue weighted by Gasteiger charge is -2.22. The second kappa shape index (κ2) is 6.76. The van der Waals surface area contributed by atoms with Crippen molar-refractivity contribution >= 4 is 5.91 Å². The van der Waals surface area contributed by atoms with E-state index in [0.717, 1.165) is 25.9 Å². The second-order valence-electron chi connectivity index (χ2n) is 4.04. The van der Waals surface area contributed by atoms with Gasteiger partial charge in [0.1, 0.15) is 0 Å². The molecule has 5 nitrogen and oxygen atoms in total. The minimum absolute atomic E-state index is 0.0330. The highest BCUT2D eigenvalue weighted by atomic mass is 16.3. The lowest BCUT2D eigenvalue weighted by Crippen LogP contribution is -2.36. The summed E-state index contributed by atoms with van der Waals surface area (Å²) in [4.78, 5) is 11.4. The number of hydrogen-bond acceptors (Lipinski definition) is 4. The first-order valence-corrected chi connectivity index (χ1v) is 5.48. The van der Waals surface area contributed by atoms with Crippen LogP contribution < -0.4 is 10.6 Å². The zero-order valence-corrected chi connectivity index (χ0v) is 8.91. The van der Waals surface area contributed by atoms with Crippen LogP contribution in [0.15, 0.2) is 0 Å². The predicted molar refractivity (Wildman–Crippen MR) is 56.3 cm³/mol. The van der Waals surface area contributed by atoms with E-state index in [0.29, 0.717) is 12.3 Å². The van der Waals surface area contributed by atoms with E-state index in [4.69, 9.17) is 10.2 Å². The summed E-state index contributed by atoms with van der Waals surface area (Å²) in [6, 6.07) is 0. The van der Waals surface area contributed by atoms with Crippen molar-refractivity contribution < 1.29 is 15.0 Å². The van der Waals surface area contributed by atoms with E-state index >= 15 is 0 Å². The molecule has 1 rings (SSSR count). The molecule has 4 N–H and O–H groups in total. The molecule has 0 aromatic rings. The van der Waals surface area contributed by atoms with Gasteiger partial charge in [-0.15, -0.1) is 0 Å². The summed E-state index contributed by atoms with van der Waals surface area (Å²) in [5.41, 5.74) is 0. The second-order valence-corrected chi connectivity index (χ2v) is 4.04. The molecule has 1 amide bonds. The van der Waals surface area contributed by atoms with E-state index in [1.807, 2.05) is 0 Å². The van der Waals surface area contributed by atoms with Crippen LogP contribution in [-0.2, 0) is 4.79 Å². The van der Waals surface area contributed by atoms with Gasteiger partial charge in [-0.1, -0.05) is 0 Å². The van der Waals surface area contributed by atoms with Crippen LogP contribution in [0.4, 0.5) is 0 Å². The third-order valence-corrected chi connectivity index (χ3v) is 2.68. The Morgan fingerprint density at radius 3 is 2.73 bits per heavy atom. The summed E-state index contributed by atoms with van der Waals surface area (Å²) in [5.74, 6) is 0.423. The molecule has 1 heterocycles. The van der Waals surface area contributed by atoms with Crippen molar-refractivity contribution in [2.24, 2.45) is 5.92 Å². The van der Waals surface area contributed by atoms with Crippen LogP contribution in [0.5, 0.6) is 0 Å². The maximum atomic E-state index is 11.4. The number of carbonyl (C=O) groups excluding carboxylic acids is 1. The molecule has 1 aliphatic heterocycles. The lowest BCUT2D eigenvalue weighted by atomic mass is 9.94. The van der Waals surface area contributed by atoms with Crippen LogP contribution in [0.2, 0.25) is 0 Å². The van der Waals surface area contributed by atoms with Gasteiger partial charge in [0, 0.05) is 13.0 Å². The van der Waals surface area contributed by atoms with Crippen molar-refractivity contribution in [1.82, 2.24) is 10.6 Å². The largest absolute Gasteiger partial charge is 0.394 e. The molecule has 1 unspecified atom stereocenters. The van der Waals surface area contributed by atoms with Crippen molar-refractivity contribution in [3.63, 3.8) is 0 Å². The van der Waals surface area contributed by atoms with Gasteiger partial charge in [-0.05, 0) is 31.8 Å². The highest BCUT2D eigenvalue weighted by molar-refractivity contribution is 5.76. The molecule has 0 bridgehead atoms. The van der Waals surface area contributed by atoms with Gasteiger partial charge in [-0.3, -0.25) is 4.79 Å². The van der Waals surface area contributed by atoms with Crippen molar-refractivity contribution in [2.45, 2.75) is 25.4 Å². The molecule has 0 aliphatic carbocycles. The van der Waals surface area contributed by atoms with Gasteiger partial charge in [0.2, 0.25) is 5.91 Å². The average molecular weight is 216 g/mol. The first kappa shape index (κ1) is 12.4. The fourth-order valence-corrected chi connectivity index (χ4v) is 1.72. The summed E-state index contributed by atoms with van der Waals surface area (Å²) in [6.07, 6.45) is 1.76. The number of nitrogens with one attached hydrogen (secondary N) is 2. The lowest BCUT2D eigenvalue weighted by molar-refractivity contribution is -0.122. The Morgan fingerprint density at radius 1 is 1.47 bits per heavy atom. The van der Waals surface area contributed by atoms with Crippen LogP contribution >= 0.6 is 0 Å². The Bertz CT molecular complexity index is 193. The number of rotatable bonds is 5. The number of aliphatic hydroxyl groups excluding tert-OH is 2. The van der Waals surface area contributed by atoms with Crippen LogP contribution in [0.25, 0.3) is 0 Å². The van der Waals surface area contributed by atoms with E-state index in [-0.39, 0.29) is 19.1 Å². The van der Waals surface area contributed by atoms with E-state index < -0.39 is 6.10 Å². The monoisotopic (exact) mass is 216 g/mol. The molecule has 15 heavy (non-hydrogen) atoms. The number of carbonyl (C=O) groups is 1. The number of hydrogen-bond donors (Lipinski definition) is 4. The molecular weight excluding hydrogens is 196 g/mol. The molecule has 1 atom stereocenters. The van der Waals surface area contributed by atoms with Crippen molar-refractivity contribution in [1.29, 1.82) is 0 Å². The van der Waals surface area contributed by atoms with E-state index in [1.165, 1.54) is 0 Å². The summed E-state index contributed by atoms with van der Waals surface area (Å²) >= 11 is 0. The minimum Gasteiger partial charge on any atom is -0.394 e. The standard InChI is InChI=1S/C10H20N2O3/c13-7-9(14)6-12-10(15)5-8-1-3-11-4-2-8/h8-9,11,13-14H,1-7H2,(H,12,15).